The summed E-state index contributed by atoms with van der Waals surface area (Å²) in [5.41, 5.74) is 0.963. The lowest BCUT2D eigenvalue weighted by Gasteiger charge is -2.20. The molecular weight excluding hydrogens is 148 g/mol. The summed E-state index contributed by atoms with van der Waals surface area (Å²) in [4.78, 5) is 11.2. The van der Waals surface area contributed by atoms with Crippen molar-refractivity contribution in [2.24, 2.45) is 5.41 Å². The molecule has 0 spiro atoms. The number of hydrogen-bond donors (Lipinski definition) is 0. The van der Waals surface area contributed by atoms with Crippen molar-refractivity contribution in [2.75, 3.05) is 0 Å². The molecule has 1 nitrogen and oxygen atoms in total. The van der Waals surface area contributed by atoms with E-state index in [4.69, 9.17) is 0 Å². The Kier molecular flexibility index (Phi) is 4.22. The third kappa shape index (κ3) is 3.70. The van der Waals surface area contributed by atoms with E-state index in [9.17, 15) is 4.79 Å². The van der Waals surface area contributed by atoms with Gasteiger partial charge in [-0.15, -0.1) is 0 Å². The highest BCUT2D eigenvalue weighted by atomic mass is 16.1. The summed E-state index contributed by atoms with van der Waals surface area (Å²) in [6.07, 6.45) is 4.18. The van der Waals surface area contributed by atoms with Crippen LogP contribution >= 0.6 is 0 Å². The van der Waals surface area contributed by atoms with Crippen LogP contribution in [0.5, 0.6) is 0 Å². The van der Waals surface area contributed by atoms with E-state index in [1.54, 1.807) is 6.92 Å². The lowest BCUT2D eigenvalue weighted by atomic mass is 9.83. The fraction of sp³-hybridized carbons (Fsp3) is 0.727. The Morgan fingerprint density at radius 3 is 2.08 bits per heavy atom. The van der Waals surface area contributed by atoms with E-state index < -0.39 is 0 Å². The Hall–Kier alpha value is -0.590. The van der Waals surface area contributed by atoms with E-state index in [0.29, 0.717) is 0 Å². The number of rotatable bonds is 3. The van der Waals surface area contributed by atoms with E-state index in [1.165, 1.54) is 0 Å². The molecule has 0 fully saturated rings. The molecule has 0 aromatic rings. The van der Waals surface area contributed by atoms with Crippen LogP contribution in [0.4, 0.5) is 0 Å². The SMILES string of the molecule is CCC/C=C(\C(C)=O)C(C)(C)C. The third-order valence-corrected chi connectivity index (χ3v) is 1.82. The molecule has 0 aromatic carbocycles. The second-order valence-electron chi connectivity index (χ2n) is 4.21. The Morgan fingerprint density at radius 2 is 1.83 bits per heavy atom. The summed E-state index contributed by atoms with van der Waals surface area (Å²) >= 11 is 0. The first-order valence-electron chi connectivity index (χ1n) is 4.61. The van der Waals surface area contributed by atoms with Gasteiger partial charge in [-0.1, -0.05) is 40.2 Å². The topological polar surface area (TPSA) is 17.1 Å². The molecule has 0 aromatic heterocycles. The van der Waals surface area contributed by atoms with Gasteiger partial charge in [-0.25, -0.2) is 0 Å². The number of Topliss-reactive ketones (excluding diaryl/α,β-unsaturated/α-hetero) is 1. The lowest BCUT2D eigenvalue weighted by molar-refractivity contribution is -0.114. The highest BCUT2D eigenvalue weighted by Crippen LogP contribution is 2.26. The van der Waals surface area contributed by atoms with Crippen molar-refractivity contribution >= 4 is 5.78 Å². The average molecular weight is 168 g/mol. The zero-order valence-electron chi connectivity index (χ0n) is 8.90. The summed E-state index contributed by atoms with van der Waals surface area (Å²) in [6.45, 7) is 10.0. The third-order valence-electron chi connectivity index (χ3n) is 1.82. The molecule has 1 heteroatoms. The Morgan fingerprint density at radius 1 is 1.33 bits per heavy atom. The molecular formula is C11H20O. The molecule has 12 heavy (non-hydrogen) atoms. The van der Waals surface area contributed by atoms with Gasteiger partial charge in [0.05, 0.1) is 0 Å². The van der Waals surface area contributed by atoms with E-state index in [-0.39, 0.29) is 11.2 Å². The number of carbonyl (C=O) groups is 1. The lowest BCUT2D eigenvalue weighted by Crippen LogP contribution is -2.15. The van der Waals surface area contributed by atoms with Crippen LogP contribution in [0.15, 0.2) is 11.6 Å². The first-order chi connectivity index (χ1) is 5.39. The predicted molar refractivity (Wildman–Crippen MR) is 53.1 cm³/mol. The molecule has 0 radical (unpaired) electrons. The molecule has 70 valence electrons. The molecule has 0 rings (SSSR count). The Labute approximate surface area is 75.9 Å². The maximum atomic E-state index is 11.2. The first-order valence-corrected chi connectivity index (χ1v) is 4.61. The average Bonchev–Trinajstić information content (AvgIpc) is 1.84. The molecule has 0 aliphatic carbocycles. The van der Waals surface area contributed by atoms with Crippen LogP contribution in [0.3, 0.4) is 0 Å². The number of hydrogen-bond acceptors (Lipinski definition) is 1. The van der Waals surface area contributed by atoms with Crippen molar-refractivity contribution in [3.63, 3.8) is 0 Å². The fourth-order valence-electron chi connectivity index (χ4n) is 1.27. The monoisotopic (exact) mass is 168 g/mol. The van der Waals surface area contributed by atoms with Gasteiger partial charge in [0, 0.05) is 0 Å². The molecule has 0 unspecified atom stereocenters. The molecule has 0 atom stereocenters. The molecule has 0 saturated carbocycles. The molecule has 0 amide bonds. The number of carbonyl (C=O) groups excluding carboxylic acids is 1. The largest absolute Gasteiger partial charge is 0.295 e. The molecule has 0 aliphatic rings. The fourth-order valence-corrected chi connectivity index (χ4v) is 1.27. The van der Waals surface area contributed by atoms with Crippen LogP contribution in [-0.2, 0) is 4.79 Å². The van der Waals surface area contributed by atoms with Gasteiger partial charge in [-0.3, -0.25) is 4.79 Å². The minimum atomic E-state index is 0.000995. The summed E-state index contributed by atoms with van der Waals surface area (Å²) in [7, 11) is 0. The van der Waals surface area contributed by atoms with Crippen LogP contribution in [0.25, 0.3) is 0 Å². The van der Waals surface area contributed by atoms with Crippen LogP contribution < -0.4 is 0 Å². The van der Waals surface area contributed by atoms with E-state index in [1.807, 2.05) is 0 Å². The summed E-state index contributed by atoms with van der Waals surface area (Å²) in [5, 5.41) is 0. The molecule has 0 aliphatic heterocycles. The van der Waals surface area contributed by atoms with Crippen molar-refractivity contribution in [3.05, 3.63) is 11.6 Å². The van der Waals surface area contributed by atoms with Crippen molar-refractivity contribution in [3.8, 4) is 0 Å². The number of unbranched alkanes of at least 4 members (excludes halogenated alkanes) is 1. The minimum absolute atomic E-state index is 0.000995. The maximum absolute atomic E-state index is 11.2. The molecule has 0 saturated heterocycles. The molecule has 0 heterocycles. The van der Waals surface area contributed by atoms with Crippen molar-refractivity contribution in [2.45, 2.75) is 47.5 Å². The van der Waals surface area contributed by atoms with E-state index in [2.05, 4.69) is 33.8 Å². The van der Waals surface area contributed by atoms with Crippen LogP contribution in [0, 0.1) is 5.41 Å². The van der Waals surface area contributed by atoms with Gasteiger partial charge in [-0.2, -0.15) is 0 Å². The summed E-state index contributed by atoms with van der Waals surface area (Å²) < 4.78 is 0. The molecule has 0 bridgehead atoms. The van der Waals surface area contributed by atoms with Gasteiger partial charge < -0.3 is 0 Å². The Bertz CT molecular complexity index is 182. The zero-order chi connectivity index (χ0) is 9.78. The van der Waals surface area contributed by atoms with Gasteiger partial charge in [0.25, 0.3) is 0 Å². The normalized spacial score (nSPS) is 13.2. The predicted octanol–water partition coefficient (Wildman–Crippen LogP) is 3.35. The van der Waals surface area contributed by atoms with Crippen LogP contribution in [-0.4, -0.2) is 5.78 Å². The van der Waals surface area contributed by atoms with Crippen molar-refractivity contribution in [1.82, 2.24) is 0 Å². The zero-order valence-corrected chi connectivity index (χ0v) is 8.90. The Balaban J connectivity index is 4.56. The summed E-state index contributed by atoms with van der Waals surface area (Å²) in [6, 6.07) is 0. The van der Waals surface area contributed by atoms with Gasteiger partial charge in [-0.05, 0) is 24.3 Å². The smallest absolute Gasteiger partial charge is 0.156 e. The van der Waals surface area contributed by atoms with E-state index >= 15 is 0 Å². The van der Waals surface area contributed by atoms with Gasteiger partial charge in [0.2, 0.25) is 0 Å². The summed E-state index contributed by atoms with van der Waals surface area (Å²) in [5.74, 6) is 0.205. The van der Waals surface area contributed by atoms with E-state index in [0.717, 1.165) is 18.4 Å². The highest BCUT2D eigenvalue weighted by molar-refractivity contribution is 5.94. The van der Waals surface area contributed by atoms with Crippen molar-refractivity contribution in [1.29, 1.82) is 0 Å². The van der Waals surface area contributed by atoms with Gasteiger partial charge in [0.15, 0.2) is 5.78 Å². The van der Waals surface area contributed by atoms with Crippen LogP contribution in [0.2, 0.25) is 0 Å². The standard InChI is InChI=1S/C11H20O/c1-6-7-8-10(9(2)12)11(3,4)5/h8H,6-7H2,1-5H3/b10-8+. The minimum Gasteiger partial charge on any atom is -0.295 e. The first kappa shape index (κ1) is 11.4. The maximum Gasteiger partial charge on any atom is 0.156 e. The molecule has 0 N–H and O–H groups in total. The van der Waals surface area contributed by atoms with Gasteiger partial charge >= 0.3 is 0 Å². The second kappa shape index (κ2) is 4.44. The quantitative estimate of drug-likeness (QED) is 0.591. The van der Waals surface area contributed by atoms with Crippen molar-refractivity contribution < 1.29 is 4.79 Å². The number of ketones is 1. The van der Waals surface area contributed by atoms with Crippen LogP contribution in [0.1, 0.15) is 47.5 Å². The van der Waals surface area contributed by atoms with Gasteiger partial charge in [0.1, 0.15) is 0 Å². The number of allylic oxidation sites excluding steroid dienone is 2. The second-order valence-corrected chi connectivity index (χ2v) is 4.21. The highest BCUT2D eigenvalue weighted by Gasteiger charge is 2.19.